The van der Waals surface area contributed by atoms with Crippen molar-refractivity contribution in [2.45, 2.75) is 25.6 Å². The molecule has 3 aromatic rings. The Morgan fingerprint density at radius 2 is 1.71 bits per heavy atom. The van der Waals surface area contributed by atoms with Crippen LogP contribution in [0.25, 0.3) is 0 Å². The van der Waals surface area contributed by atoms with E-state index in [1.54, 1.807) is 17.4 Å². The molecule has 2 N–H and O–H groups in total. The maximum absolute atomic E-state index is 12.4. The molecular formula is C24H24ClN3O2S. The molecule has 7 heteroatoms. The quantitative estimate of drug-likeness (QED) is 0.556. The van der Waals surface area contributed by atoms with Gasteiger partial charge in [-0.05, 0) is 40.6 Å². The molecule has 0 aliphatic carbocycles. The number of carbonyl (C=O) groups is 2. The fourth-order valence-corrected chi connectivity index (χ4v) is 4.90. The second-order valence-corrected chi connectivity index (χ2v) is 8.89. The Morgan fingerprint density at radius 3 is 2.48 bits per heavy atom. The molecule has 0 saturated carbocycles. The van der Waals surface area contributed by atoms with Gasteiger partial charge in [0.05, 0.1) is 6.04 Å². The predicted molar refractivity (Wildman–Crippen MR) is 124 cm³/mol. The number of nitrogens with zero attached hydrogens (tertiary/aromatic N) is 1. The highest BCUT2D eigenvalue weighted by atomic mass is 35.5. The van der Waals surface area contributed by atoms with E-state index in [2.05, 4.69) is 45.9 Å². The molecule has 0 bridgehead atoms. The summed E-state index contributed by atoms with van der Waals surface area (Å²) in [7, 11) is 0. The minimum atomic E-state index is -0.658. The Balaban J connectivity index is 1.37. The number of hydrogen-bond acceptors (Lipinski definition) is 4. The molecule has 1 atom stereocenters. The summed E-state index contributed by atoms with van der Waals surface area (Å²) in [5.74, 6) is -1.29. The third kappa shape index (κ3) is 5.34. The minimum Gasteiger partial charge on any atom is -0.346 e. The molecular weight excluding hydrogens is 430 g/mol. The lowest BCUT2D eigenvalue weighted by Crippen LogP contribution is -2.44. The lowest BCUT2D eigenvalue weighted by atomic mass is 9.98. The molecule has 1 aliphatic heterocycles. The van der Waals surface area contributed by atoms with E-state index in [0.29, 0.717) is 11.6 Å². The Bertz CT molecular complexity index is 1050. The molecule has 2 amide bonds. The molecule has 0 saturated heterocycles. The molecule has 0 spiro atoms. The molecule has 1 aromatic heterocycles. The largest absolute Gasteiger partial charge is 0.346 e. The van der Waals surface area contributed by atoms with Gasteiger partial charge < -0.3 is 10.6 Å². The van der Waals surface area contributed by atoms with Crippen molar-refractivity contribution in [3.63, 3.8) is 0 Å². The number of carbonyl (C=O) groups excluding carboxylic acids is 2. The van der Waals surface area contributed by atoms with Gasteiger partial charge >= 0.3 is 11.8 Å². The second-order valence-electron chi connectivity index (χ2n) is 7.50. The van der Waals surface area contributed by atoms with Gasteiger partial charge in [-0.1, -0.05) is 60.1 Å². The van der Waals surface area contributed by atoms with Crippen LogP contribution in [-0.4, -0.2) is 29.8 Å². The monoisotopic (exact) mass is 453 g/mol. The zero-order chi connectivity index (χ0) is 21.6. The van der Waals surface area contributed by atoms with E-state index < -0.39 is 11.8 Å². The van der Waals surface area contributed by atoms with Crippen molar-refractivity contribution in [2.24, 2.45) is 0 Å². The molecule has 5 nitrogen and oxygen atoms in total. The molecule has 0 fully saturated rings. The van der Waals surface area contributed by atoms with Gasteiger partial charge in [0.1, 0.15) is 0 Å². The highest BCUT2D eigenvalue weighted by Gasteiger charge is 2.26. The van der Waals surface area contributed by atoms with Crippen LogP contribution in [0, 0.1) is 0 Å². The molecule has 0 radical (unpaired) electrons. The summed E-state index contributed by atoms with van der Waals surface area (Å²) in [4.78, 5) is 28.3. The Hall–Kier alpha value is -2.67. The van der Waals surface area contributed by atoms with Crippen LogP contribution in [0.2, 0.25) is 5.02 Å². The topological polar surface area (TPSA) is 61.4 Å². The van der Waals surface area contributed by atoms with Gasteiger partial charge in [0.25, 0.3) is 0 Å². The summed E-state index contributed by atoms with van der Waals surface area (Å²) >= 11 is 7.78. The van der Waals surface area contributed by atoms with Gasteiger partial charge in [-0.3, -0.25) is 14.5 Å². The highest BCUT2D eigenvalue weighted by Crippen LogP contribution is 2.30. The molecule has 4 rings (SSSR count). The zero-order valence-corrected chi connectivity index (χ0v) is 18.6. The summed E-state index contributed by atoms with van der Waals surface area (Å²) in [5.41, 5.74) is 3.47. The summed E-state index contributed by atoms with van der Waals surface area (Å²) in [5, 5.41) is 8.07. The number of benzene rings is 2. The third-order valence-corrected chi connectivity index (χ3v) is 6.87. The molecule has 2 heterocycles. The molecule has 31 heavy (non-hydrogen) atoms. The summed E-state index contributed by atoms with van der Waals surface area (Å²) in [6.07, 6.45) is 0.977. The second kappa shape index (κ2) is 10.1. The zero-order valence-electron chi connectivity index (χ0n) is 17.0. The van der Waals surface area contributed by atoms with Gasteiger partial charge in [-0.25, -0.2) is 0 Å². The van der Waals surface area contributed by atoms with Crippen LogP contribution < -0.4 is 10.6 Å². The van der Waals surface area contributed by atoms with Crippen LogP contribution in [0.5, 0.6) is 0 Å². The smallest absolute Gasteiger partial charge is 0.309 e. The van der Waals surface area contributed by atoms with Gasteiger partial charge in [-0.2, -0.15) is 0 Å². The van der Waals surface area contributed by atoms with Crippen LogP contribution in [0.4, 0.5) is 0 Å². The average molecular weight is 454 g/mol. The summed E-state index contributed by atoms with van der Waals surface area (Å²) in [6.45, 7) is 2.33. The maximum atomic E-state index is 12.4. The summed E-state index contributed by atoms with van der Waals surface area (Å²) < 4.78 is 0. The third-order valence-electron chi connectivity index (χ3n) is 5.53. The Kier molecular flexibility index (Phi) is 7.02. The molecule has 2 aromatic carbocycles. The Labute approximate surface area is 191 Å². The van der Waals surface area contributed by atoms with E-state index in [1.165, 1.54) is 16.0 Å². The van der Waals surface area contributed by atoms with Crippen molar-refractivity contribution >= 4 is 34.8 Å². The number of rotatable bonds is 6. The van der Waals surface area contributed by atoms with Crippen molar-refractivity contribution < 1.29 is 9.59 Å². The maximum Gasteiger partial charge on any atom is 0.309 e. The summed E-state index contributed by atoms with van der Waals surface area (Å²) in [6, 6.07) is 19.8. The number of hydrogen-bond donors (Lipinski definition) is 2. The fourth-order valence-electron chi connectivity index (χ4n) is 3.84. The average Bonchev–Trinajstić information content (AvgIpc) is 3.33. The number of nitrogens with one attached hydrogen (secondary N) is 2. The first kappa shape index (κ1) is 21.6. The van der Waals surface area contributed by atoms with Crippen molar-refractivity contribution in [3.8, 4) is 0 Å². The molecule has 1 unspecified atom stereocenters. The fraction of sp³-hybridized carbons (Fsp3) is 0.250. The first-order chi connectivity index (χ1) is 15.1. The SMILES string of the molecule is O=C(NCc1ccccc1Cl)C(=O)NCC(c1cccs1)N1CCc2ccccc2C1. The van der Waals surface area contributed by atoms with Crippen molar-refractivity contribution in [2.75, 3.05) is 13.1 Å². The van der Waals surface area contributed by atoms with E-state index in [1.807, 2.05) is 29.6 Å². The van der Waals surface area contributed by atoms with E-state index in [-0.39, 0.29) is 12.6 Å². The lowest BCUT2D eigenvalue weighted by molar-refractivity contribution is -0.139. The van der Waals surface area contributed by atoms with Crippen molar-refractivity contribution in [1.29, 1.82) is 0 Å². The van der Waals surface area contributed by atoms with E-state index in [9.17, 15) is 9.59 Å². The van der Waals surface area contributed by atoms with Crippen LogP contribution in [0.15, 0.2) is 66.0 Å². The minimum absolute atomic E-state index is 0.0219. The van der Waals surface area contributed by atoms with Crippen LogP contribution >= 0.6 is 22.9 Å². The van der Waals surface area contributed by atoms with E-state index in [0.717, 1.165) is 25.1 Å². The number of fused-ring (bicyclic) bond motifs is 1. The highest BCUT2D eigenvalue weighted by molar-refractivity contribution is 7.10. The van der Waals surface area contributed by atoms with Crippen LogP contribution in [0.1, 0.15) is 27.6 Å². The number of halogens is 1. The first-order valence-corrected chi connectivity index (χ1v) is 11.5. The first-order valence-electron chi connectivity index (χ1n) is 10.3. The van der Waals surface area contributed by atoms with Gasteiger partial charge in [0.2, 0.25) is 0 Å². The molecule has 1 aliphatic rings. The predicted octanol–water partition coefficient (Wildman–Crippen LogP) is 3.93. The van der Waals surface area contributed by atoms with E-state index in [4.69, 9.17) is 11.6 Å². The van der Waals surface area contributed by atoms with Gasteiger partial charge in [0, 0.05) is 36.1 Å². The van der Waals surface area contributed by atoms with Crippen LogP contribution in [-0.2, 0) is 29.1 Å². The van der Waals surface area contributed by atoms with Gasteiger partial charge in [-0.15, -0.1) is 11.3 Å². The van der Waals surface area contributed by atoms with Crippen LogP contribution in [0.3, 0.4) is 0 Å². The Morgan fingerprint density at radius 1 is 0.968 bits per heavy atom. The number of amides is 2. The normalized spacial score (nSPS) is 14.5. The molecule has 160 valence electrons. The van der Waals surface area contributed by atoms with E-state index >= 15 is 0 Å². The van der Waals surface area contributed by atoms with Crippen molar-refractivity contribution in [3.05, 3.63) is 92.6 Å². The number of thiophene rings is 1. The van der Waals surface area contributed by atoms with Crippen molar-refractivity contribution in [1.82, 2.24) is 15.5 Å². The standard InChI is InChI=1S/C24H24ClN3O2S/c25-20-9-4-3-7-18(20)14-26-23(29)24(30)27-15-21(22-10-5-13-31-22)28-12-11-17-6-1-2-8-19(17)16-28/h1-10,13,21H,11-12,14-16H2,(H,26,29)(H,27,30). The van der Waals surface area contributed by atoms with Gasteiger partial charge in [0.15, 0.2) is 0 Å². The lowest BCUT2D eigenvalue weighted by Gasteiger charge is -2.35.